The Kier molecular flexibility index (Phi) is 5.70. The van der Waals surface area contributed by atoms with Crippen LogP contribution in [0.4, 0.5) is 5.69 Å². The van der Waals surface area contributed by atoms with Gasteiger partial charge < -0.3 is 11.1 Å². The number of amides is 1. The van der Waals surface area contributed by atoms with Gasteiger partial charge >= 0.3 is 0 Å². The number of unbranched alkanes of at least 4 members (excludes halogenated alkanes) is 1. The van der Waals surface area contributed by atoms with E-state index in [1.54, 1.807) is 0 Å². The SMILES string of the molecule is CCCCc1ccc(NC(=O)[C@H](N)CC)cc1. The maximum absolute atomic E-state index is 11.6. The third-order valence-electron chi connectivity index (χ3n) is 2.82. The van der Waals surface area contributed by atoms with Crippen LogP contribution in [0.3, 0.4) is 0 Å². The van der Waals surface area contributed by atoms with Gasteiger partial charge in [-0.1, -0.05) is 32.4 Å². The van der Waals surface area contributed by atoms with E-state index in [9.17, 15) is 4.79 Å². The number of carbonyl (C=O) groups excluding carboxylic acids is 1. The maximum atomic E-state index is 11.6. The molecule has 0 unspecified atom stereocenters. The number of hydrogen-bond donors (Lipinski definition) is 2. The summed E-state index contributed by atoms with van der Waals surface area (Å²) in [6.07, 6.45) is 4.15. The monoisotopic (exact) mass is 234 g/mol. The number of nitrogens with two attached hydrogens (primary N) is 1. The first-order valence-corrected chi connectivity index (χ1v) is 6.32. The van der Waals surface area contributed by atoms with Crippen LogP contribution in [0.2, 0.25) is 0 Å². The summed E-state index contributed by atoms with van der Waals surface area (Å²) in [6.45, 7) is 4.08. The fourth-order valence-electron chi connectivity index (χ4n) is 1.56. The molecule has 0 aliphatic heterocycles. The van der Waals surface area contributed by atoms with Gasteiger partial charge in [-0.15, -0.1) is 0 Å². The lowest BCUT2D eigenvalue weighted by atomic mass is 10.1. The maximum Gasteiger partial charge on any atom is 0.241 e. The highest BCUT2D eigenvalue weighted by Crippen LogP contribution is 2.12. The second-order valence-corrected chi connectivity index (χ2v) is 4.30. The summed E-state index contributed by atoms with van der Waals surface area (Å²) in [5.41, 5.74) is 7.78. The summed E-state index contributed by atoms with van der Waals surface area (Å²) in [7, 11) is 0. The van der Waals surface area contributed by atoms with Crippen molar-refractivity contribution in [1.29, 1.82) is 0 Å². The Morgan fingerprint density at radius 2 is 1.94 bits per heavy atom. The molecule has 1 aromatic rings. The number of nitrogens with one attached hydrogen (secondary N) is 1. The highest BCUT2D eigenvalue weighted by atomic mass is 16.2. The van der Waals surface area contributed by atoms with Crippen molar-refractivity contribution < 1.29 is 4.79 Å². The molecule has 17 heavy (non-hydrogen) atoms. The quantitative estimate of drug-likeness (QED) is 0.795. The van der Waals surface area contributed by atoms with Crippen molar-refractivity contribution in [2.45, 2.75) is 45.6 Å². The molecule has 1 atom stereocenters. The van der Waals surface area contributed by atoms with Crippen LogP contribution in [0.15, 0.2) is 24.3 Å². The number of carbonyl (C=O) groups is 1. The van der Waals surface area contributed by atoms with Gasteiger partial charge in [0.1, 0.15) is 0 Å². The van der Waals surface area contributed by atoms with Gasteiger partial charge in [0.05, 0.1) is 6.04 Å². The van der Waals surface area contributed by atoms with Crippen LogP contribution in [-0.4, -0.2) is 11.9 Å². The molecule has 0 aliphatic rings. The Morgan fingerprint density at radius 3 is 2.47 bits per heavy atom. The van der Waals surface area contributed by atoms with Crippen molar-refractivity contribution in [1.82, 2.24) is 0 Å². The average Bonchev–Trinajstić information content (AvgIpc) is 2.37. The van der Waals surface area contributed by atoms with Gasteiger partial charge in [0.25, 0.3) is 0 Å². The minimum atomic E-state index is -0.422. The van der Waals surface area contributed by atoms with Gasteiger partial charge in [-0.3, -0.25) is 4.79 Å². The Labute approximate surface area is 103 Å². The van der Waals surface area contributed by atoms with Crippen molar-refractivity contribution in [3.63, 3.8) is 0 Å². The molecule has 0 heterocycles. The van der Waals surface area contributed by atoms with Crippen LogP contribution < -0.4 is 11.1 Å². The van der Waals surface area contributed by atoms with Crippen molar-refractivity contribution >= 4 is 11.6 Å². The molecule has 0 radical (unpaired) electrons. The first-order chi connectivity index (χ1) is 8.17. The van der Waals surface area contributed by atoms with E-state index in [1.165, 1.54) is 18.4 Å². The zero-order valence-corrected chi connectivity index (χ0v) is 10.7. The molecule has 0 bridgehead atoms. The summed E-state index contributed by atoms with van der Waals surface area (Å²) in [6, 6.07) is 7.57. The Hall–Kier alpha value is -1.35. The summed E-state index contributed by atoms with van der Waals surface area (Å²) in [5.74, 6) is -0.117. The molecule has 0 aromatic heterocycles. The van der Waals surface area contributed by atoms with Crippen molar-refractivity contribution in [2.75, 3.05) is 5.32 Å². The largest absolute Gasteiger partial charge is 0.325 e. The van der Waals surface area contributed by atoms with Gasteiger partial charge in [0, 0.05) is 5.69 Å². The van der Waals surface area contributed by atoms with E-state index in [0.29, 0.717) is 6.42 Å². The fraction of sp³-hybridized carbons (Fsp3) is 0.500. The molecule has 94 valence electrons. The standard InChI is InChI=1S/C14H22N2O/c1-3-5-6-11-7-9-12(10-8-11)16-14(17)13(15)4-2/h7-10,13H,3-6,15H2,1-2H3,(H,16,17)/t13-/m1/s1. The Bertz CT molecular complexity index is 346. The minimum Gasteiger partial charge on any atom is -0.325 e. The second-order valence-electron chi connectivity index (χ2n) is 4.30. The van der Waals surface area contributed by atoms with Gasteiger partial charge in [0.2, 0.25) is 5.91 Å². The number of rotatable bonds is 6. The molecule has 0 saturated carbocycles. The number of anilines is 1. The lowest BCUT2D eigenvalue weighted by Crippen LogP contribution is -2.34. The first-order valence-electron chi connectivity index (χ1n) is 6.32. The van der Waals surface area contributed by atoms with Crippen LogP contribution in [0, 0.1) is 0 Å². The van der Waals surface area contributed by atoms with Crippen molar-refractivity contribution in [3.05, 3.63) is 29.8 Å². The summed E-state index contributed by atoms with van der Waals surface area (Å²) >= 11 is 0. The zero-order chi connectivity index (χ0) is 12.7. The molecule has 0 saturated heterocycles. The normalized spacial score (nSPS) is 12.2. The highest BCUT2D eigenvalue weighted by Gasteiger charge is 2.10. The second kappa shape index (κ2) is 7.07. The molecule has 1 amide bonds. The predicted octanol–water partition coefficient (Wildman–Crippen LogP) is 2.71. The molecule has 3 nitrogen and oxygen atoms in total. The van der Waals surface area contributed by atoms with E-state index in [-0.39, 0.29) is 5.91 Å². The topological polar surface area (TPSA) is 55.1 Å². The van der Waals surface area contributed by atoms with Crippen LogP contribution in [0.1, 0.15) is 38.7 Å². The number of benzene rings is 1. The van der Waals surface area contributed by atoms with Gasteiger partial charge in [-0.2, -0.15) is 0 Å². The van der Waals surface area contributed by atoms with E-state index in [4.69, 9.17) is 5.73 Å². The molecule has 1 aromatic carbocycles. The smallest absolute Gasteiger partial charge is 0.241 e. The molecule has 0 fully saturated rings. The van der Waals surface area contributed by atoms with E-state index in [0.717, 1.165) is 12.1 Å². The van der Waals surface area contributed by atoms with Gasteiger partial charge in [0.15, 0.2) is 0 Å². The first kappa shape index (κ1) is 13.7. The fourth-order valence-corrected chi connectivity index (χ4v) is 1.56. The molecule has 3 N–H and O–H groups in total. The lowest BCUT2D eigenvalue weighted by Gasteiger charge is -2.10. The predicted molar refractivity (Wildman–Crippen MR) is 72.0 cm³/mol. The summed E-state index contributed by atoms with van der Waals surface area (Å²) < 4.78 is 0. The number of hydrogen-bond acceptors (Lipinski definition) is 2. The van der Waals surface area contributed by atoms with Crippen molar-refractivity contribution in [3.8, 4) is 0 Å². The molecular formula is C14H22N2O. The highest BCUT2D eigenvalue weighted by molar-refractivity contribution is 5.94. The van der Waals surface area contributed by atoms with Crippen molar-refractivity contribution in [2.24, 2.45) is 5.73 Å². The van der Waals surface area contributed by atoms with Crippen LogP contribution in [-0.2, 0) is 11.2 Å². The zero-order valence-electron chi connectivity index (χ0n) is 10.7. The van der Waals surface area contributed by atoms with Crippen LogP contribution in [0.5, 0.6) is 0 Å². The molecular weight excluding hydrogens is 212 g/mol. The number of aryl methyl sites for hydroxylation is 1. The van der Waals surface area contributed by atoms with E-state index in [2.05, 4.69) is 24.4 Å². The molecule has 0 aliphatic carbocycles. The summed E-state index contributed by atoms with van der Waals surface area (Å²) in [5, 5.41) is 2.81. The lowest BCUT2D eigenvalue weighted by molar-refractivity contribution is -0.117. The van der Waals surface area contributed by atoms with Crippen LogP contribution in [0.25, 0.3) is 0 Å². The third-order valence-corrected chi connectivity index (χ3v) is 2.82. The summed E-state index contributed by atoms with van der Waals surface area (Å²) in [4.78, 5) is 11.6. The molecule has 0 spiro atoms. The molecule has 1 rings (SSSR count). The van der Waals surface area contributed by atoms with E-state index < -0.39 is 6.04 Å². The minimum absolute atomic E-state index is 0.117. The van der Waals surface area contributed by atoms with Crippen LogP contribution >= 0.6 is 0 Å². The van der Waals surface area contributed by atoms with Gasteiger partial charge in [-0.05, 0) is 37.0 Å². The third kappa shape index (κ3) is 4.57. The Morgan fingerprint density at radius 1 is 1.29 bits per heavy atom. The molecule has 3 heteroatoms. The Balaban J connectivity index is 2.53. The average molecular weight is 234 g/mol. The van der Waals surface area contributed by atoms with E-state index >= 15 is 0 Å². The van der Waals surface area contributed by atoms with E-state index in [1.807, 2.05) is 19.1 Å². The van der Waals surface area contributed by atoms with Gasteiger partial charge in [-0.25, -0.2) is 0 Å².